The maximum atomic E-state index is 11.3. The average molecular weight is 987 g/mol. The molecule has 12 heteroatoms. The van der Waals surface area contributed by atoms with E-state index in [1.165, 1.54) is 29.4 Å². The van der Waals surface area contributed by atoms with Crippen LogP contribution in [-0.2, 0) is 27.2 Å². The Morgan fingerprint density at radius 3 is 1.09 bits per heavy atom. The highest BCUT2D eigenvalue weighted by atomic mass is 35.5. The van der Waals surface area contributed by atoms with E-state index in [-0.39, 0.29) is 24.2 Å². The summed E-state index contributed by atoms with van der Waals surface area (Å²) in [6, 6.07) is 47.8. The number of aryl methyl sites for hydroxylation is 2. The largest absolute Gasteiger partial charge is 0.492 e. The molecule has 0 heterocycles. The Bertz CT molecular complexity index is 2270. The first kappa shape index (κ1) is 52.9. The number of nitrogens with zero attached hydrogens (tertiary/aromatic N) is 2. The minimum absolute atomic E-state index is 0.137. The molecule has 0 atom stereocenters. The predicted octanol–water partition coefficient (Wildman–Crippen LogP) is 13.2. The van der Waals surface area contributed by atoms with Crippen LogP contribution in [0.5, 0.6) is 11.5 Å². The first-order chi connectivity index (χ1) is 32.3. The Kier molecular flexibility index (Phi) is 22.4. The third-order valence-corrected chi connectivity index (χ3v) is 12.5. The Balaban J connectivity index is 0.000000251. The molecule has 6 rings (SSSR count). The minimum atomic E-state index is -0.785. The van der Waals surface area contributed by atoms with Crippen molar-refractivity contribution < 1.29 is 28.9 Å². The highest BCUT2D eigenvalue weighted by Crippen LogP contribution is 2.32. The molecule has 0 fully saturated rings. The molecule has 0 saturated carbocycles. The average Bonchev–Trinajstić information content (AvgIpc) is 3.33. The van der Waals surface area contributed by atoms with Crippen LogP contribution in [0.3, 0.4) is 0 Å². The van der Waals surface area contributed by atoms with Crippen molar-refractivity contribution in [3.8, 4) is 11.5 Å². The second-order valence-electron chi connectivity index (χ2n) is 16.4. The number of methoxy groups -OCH3 is 1. The van der Waals surface area contributed by atoms with Crippen LogP contribution in [0.25, 0.3) is 0 Å². The van der Waals surface area contributed by atoms with E-state index in [2.05, 4.69) is 77.2 Å². The van der Waals surface area contributed by atoms with Crippen LogP contribution in [-0.4, -0.2) is 87.4 Å². The lowest BCUT2D eigenvalue weighted by atomic mass is 9.88. The fourth-order valence-electron chi connectivity index (χ4n) is 7.50. The molecule has 1 N–H and O–H groups in total. The number of halogens is 4. The van der Waals surface area contributed by atoms with Gasteiger partial charge >= 0.3 is 11.9 Å². The van der Waals surface area contributed by atoms with Crippen LogP contribution >= 0.6 is 46.4 Å². The lowest BCUT2D eigenvalue weighted by Crippen LogP contribution is -2.26. The molecule has 0 spiro atoms. The molecule has 6 aromatic rings. The van der Waals surface area contributed by atoms with Crippen LogP contribution in [0, 0.1) is 0 Å². The van der Waals surface area contributed by atoms with Gasteiger partial charge in [0.05, 0.1) is 7.11 Å². The summed E-state index contributed by atoms with van der Waals surface area (Å²) in [4.78, 5) is 26.5. The molecular weight excluding hydrogens is 926 g/mol. The van der Waals surface area contributed by atoms with Crippen LogP contribution in [0.2, 0.25) is 20.1 Å². The standard InChI is InChI=1S/C28H31Cl2NO3.C27H29Cl2NO3/c1-31(19-20-34-26-14-3-21(4-15-26)5-16-28(32)33-2)18-17-27(22-6-10-24(29)11-7-22)23-8-12-25(30)13-9-23;1-30(18-19-33-25-13-2-20(3-14-25)4-15-27(31)32)17-16-26(21-5-9-23(28)10-6-21)22-7-11-24(29)12-8-22/h3-4,6-15,27H,5,16-20H2,1-2H3;2-3,5-14,26H,4,15-19H2,1H3,(H,31,32). The molecular formula is C55H60Cl4N2O6. The number of carboxylic acids is 1. The van der Waals surface area contributed by atoms with E-state index < -0.39 is 5.97 Å². The molecule has 0 bridgehead atoms. The number of aliphatic carboxylic acids is 1. The van der Waals surface area contributed by atoms with E-state index in [1.54, 1.807) is 0 Å². The number of benzene rings is 6. The van der Waals surface area contributed by atoms with E-state index in [4.69, 9.17) is 61.0 Å². The Morgan fingerprint density at radius 1 is 0.478 bits per heavy atom. The van der Waals surface area contributed by atoms with Gasteiger partial charge in [0.2, 0.25) is 0 Å². The zero-order chi connectivity index (χ0) is 48.0. The highest BCUT2D eigenvalue weighted by Gasteiger charge is 2.17. The molecule has 8 nitrogen and oxygen atoms in total. The smallest absolute Gasteiger partial charge is 0.305 e. The van der Waals surface area contributed by atoms with Crippen molar-refractivity contribution >= 4 is 58.3 Å². The number of carbonyl (C=O) groups excluding carboxylic acids is 1. The van der Waals surface area contributed by atoms with Gasteiger partial charge in [0.1, 0.15) is 24.7 Å². The molecule has 67 heavy (non-hydrogen) atoms. The Hall–Kier alpha value is -5.06. The van der Waals surface area contributed by atoms with Gasteiger partial charge in [-0.2, -0.15) is 0 Å². The van der Waals surface area contributed by atoms with Gasteiger partial charge in [0.15, 0.2) is 0 Å². The molecule has 0 aliphatic rings. The molecule has 0 aliphatic carbocycles. The van der Waals surface area contributed by atoms with Crippen LogP contribution in [0.4, 0.5) is 0 Å². The second kappa shape index (κ2) is 28.3. The van der Waals surface area contributed by atoms with Crippen LogP contribution < -0.4 is 9.47 Å². The molecule has 0 saturated heterocycles. The van der Waals surface area contributed by atoms with Crippen molar-refractivity contribution in [2.24, 2.45) is 0 Å². The number of rotatable bonds is 24. The summed E-state index contributed by atoms with van der Waals surface area (Å²) >= 11 is 24.4. The third kappa shape index (κ3) is 19.2. The third-order valence-electron chi connectivity index (χ3n) is 11.5. The maximum Gasteiger partial charge on any atom is 0.305 e. The van der Waals surface area contributed by atoms with E-state index in [0.717, 1.165) is 81.7 Å². The first-order valence-corrected chi connectivity index (χ1v) is 24.0. The van der Waals surface area contributed by atoms with Gasteiger partial charge in [-0.05, 0) is 159 Å². The van der Waals surface area contributed by atoms with Crippen molar-refractivity contribution in [2.75, 3.05) is 60.6 Å². The van der Waals surface area contributed by atoms with Gasteiger partial charge in [-0.3, -0.25) is 9.59 Å². The lowest BCUT2D eigenvalue weighted by Gasteiger charge is -2.23. The van der Waals surface area contributed by atoms with Crippen LogP contribution in [0.15, 0.2) is 146 Å². The Labute approximate surface area is 416 Å². The minimum Gasteiger partial charge on any atom is -0.492 e. The molecule has 6 aromatic carbocycles. The number of hydrogen-bond acceptors (Lipinski definition) is 7. The van der Waals surface area contributed by atoms with E-state index >= 15 is 0 Å². The SMILES string of the molecule is CN(CCOc1ccc(CCC(=O)O)cc1)CCC(c1ccc(Cl)cc1)c1ccc(Cl)cc1.COC(=O)CCc1ccc(OCCN(C)CCC(c2ccc(Cl)cc2)c2ccc(Cl)cc2)cc1. The Morgan fingerprint density at radius 2 is 0.791 bits per heavy atom. The number of ether oxygens (including phenoxy) is 3. The van der Waals surface area contributed by atoms with E-state index in [0.29, 0.717) is 32.5 Å². The van der Waals surface area contributed by atoms with Gasteiger partial charge < -0.3 is 29.1 Å². The summed E-state index contributed by atoms with van der Waals surface area (Å²) in [5.41, 5.74) is 7.03. The van der Waals surface area contributed by atoms with Gasteiger partial charge in [0.25, 0.3) is 0 Å². The van der Waals surface area contributed by atoms with Gasteiger partial charge in [-0.1, -0.05) is 119 Å². The molecule has 0 aliphatic heterocycles. The number of hydrogen-bond donors (Lipinski definition) is 1. The number of esters is 1. The lowest BCUT2D eigenvalue weighted by molar-refractivity contribution is -0.140. The topological polar surface area (TPSA) is 88.5 Å². The summed E-state index contributed by atoms with van der Waals surface area (Å²) in [5.74, 6) is 1.15. The van der Waals surface area contributed by atoms with Crippen molar-refractivity contribution in [3.05, 3.63) is 199 Å². The number of carbonyl (C=O) groups is 2. The maximum absolute atomic E-state index is 11.3. The van der Waals surface area contributed by atoms with Crippen molar-refractivity contribution in [1.29, 1.82) is 0 Å². The molecule has 0 unspecified atom stereocenters. The fraction of sp³-hybridized carbons (Fsp3) is 0.309. The van der Waals surface area contributed by atoms with E-state index in [9.17, 15) is 9.59 Å². The summed E-state index contributed by atoms with van der Waals surface area (Å²) in [6.07, 6.45) is 3.64. The number of likely N-dealkylation sites (N-methyl/N-ethyl adjacent to an activating group) is 2. The highest BCUT2D eigenvalue weighted by molar-refractivity contribution is 6.31. The molecule has 0 radical (unpaired) electrons. The van der Waals surface area contributed by atoms with Crippen LogP contribution in [0.1, 0.15) is 70.9 Å². The van der Waals surface area contributed by atoms with Gasteiger partial charge in [-0.15, -0.1) is 0 Å². The summed E-state index contributed by atoms with van der Waals surface area (Å²) < 4.78 is 16.5. The van der Waals surface area contributed by atoms with Crippen molar-refractivity contribution in [3.63, 3.8) is 0 Å². The predicted molar refractivity (Wildman–Crippen MR) is 274 cm³/mol. The summed E-state index contributed by atoms with van der Waals surface area (Å²) in [6.45, 7) is 4.63. The monoisotopic (exact) mass is 984 g/mol. The molecule has 0 aromatic heterocycles. The van der Waals surface area contributed by atoms with Crippen molar-refractivity contribution in [2.45, 2.75) is 50.4 Å². The first-order valence-electron chi connectivity index (χ1n) is 22.5. The van der Waals surface area contributed by atoms with Gasteiger partial charge in [-0.25, -0.2) is 0 Å². The molecule has 354 valence electrons. The normalized spacial score (nSPS) is 11.1. The molecule has 0 amide bonds. The zero-order valence-electron chi connectivity index (χ0n) is 38.4. The van der Waals surface area contributed by atoms with E-state index in [1.807, 2.05) is 97.1 Å². The van der Waals surface area contributed by atoms with Gasteiger partial charge in [0, 0.05) is 57.9 Å². The zero-order valence-corrected chi connectivity index (χ0v) is 41.4. The quantitative estimate of drug-likeness (QED) is 0.0600. The second-order valence-corrected chi connectivity index (χ2v) is 18.2. The number of carboxylic acid groups (broad SMARTS) is 1. The summed E-state index contributed by atoms with van der Waals surface area (Å²) in [5, 5.41) is 11.7. The summed E-state index contributed by atoms with van der Waals surface area (Å²) in [7, 11) is 5.62. The fourth-order valence-corrected chi connectivity index (χ4v) is 8.00. The van der Waals surface area contributed by atoms with Crippen molar-refractivity contribution in [1.82, 2.24) is 9.80 Å².